The zero-order chi connectivity index (χ0) is 22.1. The summed E-state index contributed by atoms with van der Waals surface area (Å²) in [5.74, 6) is 3.63. The highest BCUT2D eigenvalue weighted by Crippen LogP contribution is 2.34. The molecule has 0 unspecified atom stereocenters. The fourth-order valence-electron chi connectivity index (χ4n) is 3.87. The molecule has 0 saturated heterocycles. The molecule has 164 valence electrons. The molecule has 0 radical (unpaired) electrons. The van der Waals surface area contributed by atoms with Gasteiger partial charge < -0.3 is 29.3 Å². The van der Waals surface area contributed by atoms with Gasteiger partial charge in [0.25, 0.3) is 0 Å². The molecule has 2 aliphatic rings. The first-order chi connectivity index (χ1) is 15.6. The lowest BCUT2D eigenvalue weighted by Crippen LogP contribution is -2.35. The number of benzene rings is 2. The third kappa shape index (κ3) is 3.73. The maximum atomic E-state index is 13.0. The van der Waals surface area contributed by atoms with E-state index in [1.807, 2.05) is 54.4 Å². The van der Waals surface area contributed by atoms with Crippen LogP contribution in [0.25, 0.3) is 0 Å². The number of fused-ring (bicyclic) bond motifs is 2. The third-order valence-electron chi connectivity index (χ3n) is 5.55. The number of hydrogen-bond acceptors (Lipinski definition) is 8. The molecule has 9 heteroatoms. The van der Waals surface area contributed by atoms with E-state index in [1.165, 1.54) is 6.33 Å². The Kier molecular flexibility index (Phi) is 5.14. The summed E-state index contributed by atoms with van der Waals surface area (Å²) in [5, 5.41) is 3.40. The summed E-state index contributed by atoms with van der Waals surface area (Å²) >= 11 is 0. The van der Waals surface area contributed by atoms with Gasteiger partial charge in [0, 0.05) is 19.3 Å². The molecule has 2 aromatic carbocycles. The van der Waals surface area contributed by atoms with Crippen LogP contribution in [0.15, 0.2) is 48.8 Å². The van der Waals surface area contributed by atoms with E-state index < -0.39 is 0 Å². The predicted octanol–water partition coefficient (Wildman–Crippen LogP) is 2.81. The number of rotatable bonds is 5. The minimum Gasteiger partial charge on any atom is -0.497 e. The normalized spacial score (nSPS) is 14.8. The highest BCUT2D eigenvalue weighted by atomic mass is 16.7. The van der Waals surface area contributed by atoms with Gasteiger partial charge in [0.1, 0.15) is 23.7 Å². The van der Waals surface area contributed by atoms with Crippen LogP contribution in [0.3, 0.4) is 0 Å². The second kappa shape index (κ2) is 8.26. The SMILES string of the molecule is COc1ccc(N2Cc3c(NCc4ccc5c(c4)OCO5)ncnc3N(C)CC2=O)cc1. The van der Waals surface area contributed by atoms with Crippen molar-refractivity contribution < 1.29 is 19.0 Å². The van der Waals surface area contributed by atoms with Crippen molar-refractivity contribution in [2.24, 2.45) is 0 Å². The van der Waals surface area contributed by atoms with Crippen LogP contribution in [0, 0.1) is 0 Å². The Bertz CT molecular complexity index is 1150. The fourth-order valence-corrected chi connectivity index (χ4v) is 3.87. The van der Waals surface area contributed by atoms with Gasteiger partial charge in [-0.25, -0.2) is 9.97 Å². The van der Waals surface area contributed by atoms with Crippen molar-refractivity contribution in [3.63, 3.8) is 0 Å². The van der Waals surface area contributed by atoms with Gasteiger partial charge in [0.05, 0.1) is 25.8 Å². The van der Waals surface area contributed by atoms with Crippen LogP contribution in [0.4, 0.5) is 17.3 Å². The lowest BCUT2D eigenvalue weighted by molar-refractivity contribution is -0.117. The Morgan fingerprint density at radius 2 is 1.88 bits per heavy atom. The lowest BCUT2D eigenvalue weighted by Gasteiger charge is -2.22. The van der Waals surface area contributed by atoms with Crippen LogP contribution in [0.5, 0.6) is 17.2 Å². The number of ether oxygens (including phenoxy) is 3. The van der Waals surface area contributed by atoms with Gasteiger partial charge in [0.15, 0.2) is 11.5 Å². The molecular formula is C23H23N5O4. The molecule has 1 N–H and O–H groups in total. The van der Waals surface area contributed by atoms with Crippen LogP contribution >= 0.6 is 0 Å². The molecule has 2 aliphatic heterocycles. The second-order valence-electron chi connectivity index (χ2n) is 7.60. The van der Waals surface area contributed by atoms with Crippen molar-refractivity contribution in [1.29, 1.82) is 0 Å². The van der Waals surface area contributed by atoms with E-state index in [-0.39, 0.29) is 19.2 Å². The number of aromatic nitrogens is 2. The quantitative estimate of drug-likeness (QED) is 0.657. The summed E-state index contributed by atoms with van der Waals surface area (Å²) in [4.78, 5) is 25.5. The Balaban J connectivity index is 1.43. The van der Waals surface area contributed by atoms with Crippen molar-refractivity contribution in [2.45, 2.75) is 13.1 Å². The Hall–Kier alpha value is -4.01. The highest BCUT2D eigenvalue weighted by Gasteiger charge is 2.28. The summed E-state index contributed by atoms with van der Waals surface area (Å²) in [5.41, 5.74) is 2.69. The molecule has 9 nitrogen and oxygen atoms in total. The number of methoxy groups -OCH3 is 1. The first kappa shape index (κ1) is 19.9. The Labute approximate surface area is 185 Å². The molecule has 0 atom stereocenters. The van der Waals surface area contributed by atoms with Crippen molar-refractivity contribution >= 4 is 23.2 Å². The van der Waals surface area contributed by atoms with Gasteiger partial charge >= 0.3 is 0 Å². The van der Waals surface area contributed by atoms with Crippen LogP contribution in [0.2, 0.25) is 0 Å². The van der Waals surface area contributed by atoms with Gasteiger partial charge in [-0.15, -0.1) is 0 Å². The number of carbonyl (C=O) groups excluding carboxylic acids is 1. The van der Waals surface area contributed by atoms with E-state index in [0.717, 1.165) is 39.9 Å². The van der Waals surface area contributed by atoms with Crippen LogP contribution in [-0.2, 0) is 17.9 Å². The zero-order valence-corrected chi connectivity index (χ0v) is 17.9. The molecular weight excluding hydrogens is 410 g/mol. The van der Waals surface area contributed by atoms with Gasteiger partial charge in [-0.1, -0.05) is 6.07 Å². The number of hydrogen-bond donors (Lipinski definition) is 1. The van der Waals surface area contributed by atoms with Crippen LogP contribution in [0.1, 0.15) is 11.1 Å². The average Bonchev–Trinajstić information content (AvgIpc) is 3.24. The Morgan fingerprint density at radius 1 is 1.06 bits per heavy atom. The van der Waals surface area contributed by atoms with E-state index in [4.69, 9.17) is 14.2 Å². The first-order valence-electron chi connectivity index (χ1n) is 10.2. The number of nitrogens with zero attached hydrogens (tertiary/aromatic N) is 4. The molecule has 5 rings (SSSR count). The molecule has 0 fully saturated rings. The summed E-state index contributed by atoms with van der Waals surface area (Å²) < 4.78 is 16.1. The number of nitrogens with one attached hydrogen (secondary N) is 1. The summed E-state index contributed by atoms with van der Waals surface area (Å²) in [7, 11) is 3.48. The molecule has 32 heavy (non-hydrogen) atoms. The van der Waals surface area contributed by atoms with Gasteiger partial charge in [-0.05, 0) is 42.0 Å². The van der Waals surface area contributed by atoms with Crippen molar-refractivity contribution in [1.82, 2.24) is 9.97 Å². The summed E-state index contributed by atoms with van der Waals surface area (Å²) in [6.07, 6.45) is 1.52. The van der Waals surface area contributed by atoms with E-state index in [2.05, 4.69) is 15.3 Å². The minimum absolute atomic E-state index is 0.0163. The van der Waals surface area contributed by atoms with Crippen molar-refractivity contribution in [2.75, 3.05) is 42.6 Å². The molecule has 0 saturated carbocycles. The molecule has 1 aromatic heterocycles. The van der Waals surface area contributed by atoms with E-state index in [9.17, 15) is 4.79 Å². The van der Waals surface area contributed by atoms with Crippen LogP contribution < -0.4 is 29.3 Å². The topological polar surface area (TPSA) is 89.1 Å². The summed E-state index contributed by atoms with van der Waals surface area (Å²) in [6, 6.07) is 13.3. The molecule has 1 amide bonds. The van der Waals surface area contributed by atoms with Crippen molar-refractivity contribution in [3.8, 4) is 17.2 Å². The van der Waals surface area contributed by atoms with Gasteiger partial charge in [-0.2, -0.15) is 0 Å². The smallest absolute Gasteiger partial charge is 0.246 e. The molecule has 3 heterocycles. The second-order valence-corrected chi connectivity index (χ2v) is 7.60. The molecule has 0 aliphatic carbocycles. The monoisotopic (exact) mass is 433 g/mol. The van der Waals surface area contributed by atoms with E-state index in [1.54, 1.807) is 12.0 Å². The van der Waals surface area contributed by atoms with E-state index >= 15 is 0 Å². The maximum absolute atomic E-state index is 13.0. The molecule has 3 aromatic rings. The lowest BCUT2D eigenvalue weighted by atomic mass is 10.2. The predicted molar refractivity (Wildman–Crippen MR) is 119 cm³/mol. The minimum atomic E-state index is -0.0163. The number of likely N-dealkylation sites (N-methyl/N-ethyl adjacent to an activating group) is 1. The van der Waals surface area contributed by atoms with Crippen LogP contribution in [-0.4, -0.2) is 43.4 Å². The molecule has 0 bridgehead atoms. The van der Waals surface area contributed by atoms with Gasteiger partial charge in [-0.3, -0.25) is 4.79 Å². The zero-order valence-electron chi connectivity index (χ0n) is 17.9. The largest absolute Gasteiger partial charge is 0.497 e. The first-order valence-corrected chi connectivity index (χ1v) is 10.2. The summed E-state index contributed by atoms with van der Waals surface area (Å²) in [6.45, 7) is 1.36. The number of carbonyl (C=O) groups is 1. The molecule has 0 spiro atoms. The van der Waals surface area contributed by atoms with E-state index in [0.29, 0.717) is 18.9 Å². The number of amides is 1. The van der Waals surface area contributed by atoms with Crippen molar-refractivity contribution in [3.05, 3.63) is 59.9 Å². The number of anilines is 3. The fraction of sp³-hybridized carbons (Fsp3) is 0.261. The average molecular weight is 433 g/mol. The van der Waals surface area contributed by atoms with Gasteiger partial charge in [0.2, 0.25) is 12.7 Å². The standard InChI is InChI=1S/C23H23N5O4/c1-27-12-21(29)28(16-4-6-17(30-2)7-5-16)11-18-22(25-13-26-23(18)27)24-10-15-3-8-19-20(9-15)32-14-31-19/h3-9,13H,10-12,14H2,1-2H3,(H,24,25,26). The third-order valence-corrected chi connectivity index (χ3v) is 5.55. The Morgan fingerprint density at radius 3 is 2.69 bits per heavy atom. The highest BCUT2D eigenvalue weighted by molar-refractivity contribution is 5.97. The maximum Gasteiger partial charge on any atom is 0.246 e.